The van der Waals surface area contributed by atoms with E-state index in [1.807, 2.05) is 4.68 Å². The summed E-state index contributed by atoms with van der Waals surface area (Å²) < 4.78 is 1.87. The van der Waals surface area contributed by atoms with Crippen molar-refractivity contribution in [1.29, 1.82) is 0 Å². The predicted octanol–water partition coefficient (Wildman–Crippen LogP) is 1.36. The normalized spacial score (nSPS) is 14.8. The maximum absolute atomic E-state index is 5.52. The molecule has 2 heterocycles. The van der Waals surface area contributed by atoms with Crippen LogP contribution in [0, 0.1) is 0 Å². The van der Waals surface area contributed by atoms with E-state index in [0.717, 1.165) is 28.6 Å². The molecule has 1 aliphatic carbocycles. The van der Waals surface area contributed by atoms with E-state index in [4.69, 9.17) is 5.84 Å². The molecule has 0 bridgehead atoms. The molecular weight excluding hydrogens is 276 g/mol. The number of nitrogen functional groups attached to an aromatic ring is 1. The van der Waals surface area contributed by atoms with Crippen molar-refractivity contribution >= 4 is 17.6 Å². The smallest absolute Gasteiger partial charge is 0.215 e. The lowest BCUT2D eigenvalue weighted by molar-refractivity contribution is 0.565. The first kappa shape index (κ1) is 13.3. The van der Waals surface area contributed by atoms with Gasteiger partial charge >= 0.3 is 0 Å². The lowest BCUT2D eigenvalue weighted by Crippen LogP contribution is -2.13. The largest absolute Gasteiger partial charge is 0.308 e. The van der Waals surface area contributed by atoms with Crippen LogP contribution in [0.4, 0.5) is 5.82 Å². The average molecular weight is 292 g/mol. The Kier molecular flexibility index (Phi) is 3.53. The summed E-state index contributed by atoms with van der Waals surface area (Å²) >= 11 is 1.45. The van der Waals surface area contributed by atoms with Gasteiger partial charge in [0.05, 0.1) is 6.04 Å². The fraction of sp³-hybridized carbons (Fsp3) is 0.545. The Morgan fingerprint density at radius 2 is 2.20 bits per heavy atom. The van der Waals surface area contributed by atoms with Crippen LogP contribution in [-0.4, -0.2) is 30.2 Å². The lowest BCUT2D eigenvalue weighted by atomic mass is 10.1. The Bertz CT molecular complexity index is 606. The standard InChI is InChI=1S/C11H16N8S/c1-6(2)8-9(15-12)13-5-14-10(8)20-11-16-17-18-19(11)7-3-4-7/h5-7H,3-4,12H2,1-2H3,(H,13,14,15). The average Bonchev–Trinajstić information content (AvgIpc) is 3.18. The summed E-state index contributed by atoms with van der Waals surface area (Å²) in [6, 6.07) is 0.434. The van der Waals surface area contributed by atoms with E-state index < -0.39 is 0 Å². The number of hydrazine groups is 1. The summed E-state index contributed by atoms with van der Waals surface area (Å²) in [7, 11) is 0. The van der Waals surface area contributed by atoms with Crippen LogP contribution in [0.25, 0.3) is 0 Å². The minimum absolute atomic E-state index is 0.245. The van der Waals surface area contributed by atoms with Gasteiger partial charge in [0.2, 0.25) is 5.16 Å². The third kappa shape index (κ3) is 2.46. The Balaban J connectivity index is 1.95. The molecule has 0 aliphatic heterocycles. The van der Waals surface area contributed by atoms with Crippen molar-refractivity contribution < 1.29 is 0 Å². The highest BCUT2D eigenvalue weighted by Crippen LogP contribution is 2.39. The van der Waals surface area contributed by atoms with Gasteiger partial charge < -0.3 is 5.43 Å². The lowest BCUT2D eigenvalue weighted by Gasteiger charge is -2.14. The van der Waals surface area contributed by atoms with Crippen LogP contribution in [0.3, 0.4) is 0 Å². The zero-order valence-corrected chi connectivity index (χ0v) is 12.1. The summed E-state index contributed by atoms with van der Waals surface area (Å²) in [4.78, 5) is 8.51. The van der Waals surface area contributed by atoms with Gasteiger partial charge in [-0.15, -0.1) is 5.10 Å². The Morgan fingerprint density at radius 3 is 2.85 bits per heavy atom. The number of rotatable bonds is 5. The van der Waals surface area contributed by atoms with Crippen molar-refractivity contribution in [3.63, 3.8) is 0 Å². The molecule has 20 heavy (non-hydrogen) atoms. The van der Waals surface area contributed by atoms with Gasteiger partial charge in [-0.3, -0.25) is 0 Å². The number of hydrogen-bond donors (Lipinski definition) is 2. The summed E-state index contributed by atoms with van der Waals surface area (Å²) in [6.45, 7) is 4.15. The highest BCUT2D eigenvalue weighted by molar-refractivity contribution is 7.99. The molecule has 0 aromatic carbocycles. The molecule has 0 atom stereocenters. The molecule has 2 aromatic heterocycles. The van der Waals surface area contributed by atoms with Gasteiger partial charge in [0.25, 0.3) is 0 Å². The van der Waals surface area contributed by atoms with Crippen molar-refractivity contribution in [1.82, 2.24) is 30.2 Å². The van der Waals surface area contributed by atoms with Crippen LogP contribution in [0.2, 0.25) is 0 Å². The molecule has 106 valence electrons. The fourth-order valence-corrected chi connectivity index (χ4v) is 3.06. The minimum atomic E-state index is 0.245. The minimum Gasteiger partial charge on any atom is -0.308 e. The van der Waals surface area contributed by atoms with Crippen LogP contribution in [0.5, 0.6) is 0 Å². The highest BCUT2D eigenvalue weighted by atomic mass is 32.2. The molecule has 3 rings (SSSR count). The molecule has 1 fully saturated rings. The maximum atomic E-state index is 5.52. The monoisotopic (exact) mass is 292 g/mol. The molecule has 2 aromatic rings. The second kappa shape index (κ2) is 5.33. The van der Waals surface area contributed by atoms with E-state index in [2.05, 4.69) is 44.8 Å². The summed E-state index contributed by atoms with van der Waals surface area (Å²) in [5, 5.41) is 13.5. The van der Waals surface area contributed by atoms with Gasteiger partial charge in [-0.25, -0.2) is 20.5 Å². The van der Waals surface area contributed by atoms with E-state index >= 15 is 0 Å². The first-order chi connectivity index (χ1) is 9.70. The number of hydrogen-bond acceptors (Lipinski definition) is 8. The van der Waals surface area contributed by atoms with Crippen LogP contribution < -0.4 is 11.3 Å². The first-order valence-electron chi connectivity index (χ1n) is 6.48. The Morgan fingerprint density at radius 1 is 1.40 bits per heavy atom. The molecule has 0 amide bonds. The zero-order chi connectivity index (χ0) is 14.1. The van der Waals surface area contributed by atoms with E-state index in [-0.39, 0.29) is 5.92 Å². The topological polar surface area (TPSA) is 107 Å². The summed E-state index contributed by atoms with van der Waals surface area (Å²) in [6.07, 6.45) is 3.76. The summed E-state index contributed by atoms with van der Waals surface area (Å²) in [5.74, 6) is 6.41. The number of tetrazole rings is 1. The van der Waals surface area contributed by atoms with Crippen molar-refractivity contribution in [2.45, 2.75) is 48.8 Å². The number of nitrogens with two attached hydrogens (primary N) is 1. The van der Waals surface area contributed by atoms with E-state index in [9.17, 15) is 0 Å². The van der Waals surface area contributed by atoms with Crippen molar-refractivity contribution in [2.24, 2.45) is 5.84 Å². The Hall–Kier alpha value is -1.74. The molecule has 1 aliphatic rings. The van der Waals surface area contributed by atoms with Gasteiger partial charge in [0.1, 0.15) is 17.2 Å². The van der Waals surface area contributed by atoms with Gasteiger partial charge in [0.15, 0.2) is 0 Å². The number of aromatic nitrogens is 6. The fourth-order valence-electron chi connectivity index (χ4n) is 1.98. The molecule has 0 unspecified atom stereocenters. The number of nitrogens with one attached hydrogen (secondary N) is 1. The van der Waals surface area contributed by atoms with E-state index in [0.29, 0.717) is 11.9 Å². The van der Waals surface area contributed by atoms with Crippen LogP contribution >= 0.6 is 11.8 Å². The maximum Gasteiger partial charge on any atom is 0.215 e. The zero-order valence-electron chi connectivity index (χ0n) is 11.3. The molecule has 3 N–H and O–H groups in total. The van der Waals surface area contributed by atoms with Crippen LogP contribution in [0.1, 0.15) is 44.2 Å². The molecule has 0 spiro atoms. The molecule has 1 saturated carbocycles. The quantitative estimate of drug-likeness (QED) is 0.483. The first-order valence-corrected chi connectivity index (χ1v) is 7.29. The van der Waals surface area contributed by atoms with Crippen LogP contribution in [0.15, 0.2) is 16.5 Å². The van der Waals surface area contributed by atoms with Gasteiger partial charge in [-0.05, 0) is 40.9 Å². The predicted molar refractivity (Wildman–Crippen MR) is 74.1 cm³/mol. The molecule has 8 nitrogen and oxygen atoms in total. The van der Waals surface area contributed by atoms with E-state index in [1.165, 1.54) is 18.1 Å². The molecule has 0 radical (unpaired) electrons. The number of nitrogens with zero attached hydrogens (tertiary/aromatic N) is 6. The number of anilines is 1. The highest BCUT2D eigenvalue weighted by Gasteiger charge is 2.29. The van der Waals surface area contributed by atoms with Crippen LogP contribution in [-0.2, 0) is 0 Å². The van der Waals surface area contributed by atoms with Gasteiger partial charge in [-0.2, -0.15) is 0 Å². The Labute approximate surface area is 120 Å². The third-order valence-corrected chi connectivity index (χ3v) is 4.07. The molecule has 9 heteroatoms. The molecular formula is C11H16N8S. The van der Waals surface area contributed by atoms with Gasteiger partial charge in [0, 0.05) is 5.56 Å². The second-order valence-electron chi connectivity index (χ2n) is 4.98. The van der Waals surface area contributed by atoms with Crippen molar-refractivity contribution in [2.75, 3.05) is 5.43 Å². The second-order valence-corrected chi connectivity index (χ2v) is 5.94. The summed E-state index contributed by atoms with van der Waals surface area (Å²) in [5.41, 5.74) is 3.60. The van der Waals surface area contributed by atoms with Crippen molar-refractivity contribution in [3.05, 3.63) is 11.9 Å². The SMILES string of the molecule is CC(C)c1c(NN)ncnc1Sc1nnnn1C1CC1. The van der Waals surface area contributed by atoms with E-state index in [1.54, 1.807) is 0 Å². The van der Waals surface area contributed by atoms with Crippen molar-refractivity contribution in [3.8, 4) is 0 Å². The van der Waals surface area contributed by atoms with Gasteiger partial charge in [-0.1, -0.05) is 13.8 Å². The molecule has 0 saturated heterocycles. The third-order valence-electron chi connectivity index (χ3n) is 3.10.